The minimum absolute atomic E-state index is 0.302. The lowest BCUT2D eigenvalue weighted by atomic mass is 9.79. The Morgan fingerprint density at radius 1 is 1.35 bits per heavy atom. The van der Waals surface area contributed by atoms with E-state index in [9.17, 15) is 10.0 Å². The molecule has 0 atom stereocenters. The molecule has 0 saturated carbocycles. The largest absolute Gasteiger partial charge is 0.490 e. The number of hydrogen-bond donors (Lipinski definition) is 2. The minimum Gasteiger partial charge on any atom is -0.423 e. The second-order valence-corrected chi connectivity index (χ2v) is 4.15. The van der Waals surface area contributed by atoms with Crippen LogP contribution in [0.2, 0.25) is 5.02 Å². The maximum atomic E-state index is 9.25. The van der Waals surface area contributed by atoms with Crippen LogP contribution >= 0.6 is 11.6 Å². The Bertz CT molecular complexity index is 547. The van der Waals surface area contributed by atoms with E-state index in [2.05, 4.69) is 4.98 Å². The quantitative estimate of drug-likeness (QED) is 0.789. The highest BCUT2D eigenvalue weighted by Crippen LogP contribution is 2.18. The Morgan fingerprint density at radius 3 is 2.76 bits per heavy atom. The SMILES string of the molecule is COCc1cnc2c(B(O)O)cc(Cl)cc2c1. The number of rotatable bonds is 3. The van der Waals surface area contributed by atoms with Crippen LogP contribution in [-0.2, 0) is 11.3 Å². The van der Waals surface area contributed by atoms with Crippen molar-refractivity contribution < 1.29 is 14.8 Å². The summed E-state index contributed by atoms with van der Waals surface area (Å²) in [6.45, 7) is 0.451. The lowest BCUT2D eigenvalue weighted by molar-refractivity contribution is 0.185. The Morgan fingerprint density at radius 2 is 2.12 bits per heavy atom. The molecule has 0 saturated heterocycles. The van der Waals surface area contributed by atoms with E-state index >= 15 is 0 Å². The summed E-state index contributed by atoms with van der Waals surface area (Å²) in [5.74, 6) is 0. The molecule has 0 aliphatic heterocycles. The van der Waals surface area contributed by atoms with Crippen LogP contribution in [0.5, 0.6) is 0 Å². The molecular formula is C11H11BClNO3. The average molecular weight is 251 g/mol. The van der Waals surface area contributed by atoms with E-state index in [4.69, 9.17) is 16.3 Å². The molecule has 6 heteroatoms. The number of aromatic nitrogens is 1. The maximum Gasteiger partial charge on any atom is 0.490 e. The van der Waals surface area contributed by atoms with Crippen molar-refractivity contribution in [1.82, 2.24) is 4.98 Å². The molecule has 0 unspecified atom stereocenters. The summed E-state index contributed by atoms with van der Waals surface area (Å²) in [5.41, 5.74) is 1.74. The normalized spacial score (nSPS) is 10.8. The van der Waals surface area contributed by atoms with Gasteiger partial charge in [0.2, 0.25) is 0 Å². The third-order valence-corrected chi connectivity index (χ3v) is 2.64. The van der Waals surface area contributed by atoms with Crippen molar-refractivity contribution in [2.75, 3.05) is 7.11 Å². The van der Waals surface area contributed by atoms with Crippen LogP contribution in [0, 0.1) is 0 Å². The van der Waals surface area contributed by atoms with Gasteiger partial charge in [-0.1, -0.05) is 11.6 Å². The first-order valence-corrected chi connectivity index (χ1v) is 5.43. The predicted octanol–water partition coefficient (Wildman–Crippen LogP) is 0.714. The Kier molecular flexibility index (Phi) is 3.64. The molecular weight excluding hydrogens is 240 g/mol. The number of pyridine rings is 1. The average Bonchev–Trinajstić information content (AvgIpc) is 2.27. The highest BCUT2D eigenvalue weighted by Gasteiger charge is 2.17. The van der Waals surface area contributed by atoms with Crippen LogP contribution in [-0.4, -0.2) is 29.3 Å². The van der Waals surface area contributed by atoms with Gasteiger partial charge in [-0.2, -0.15) is 0 Å². The van der Waals surface area contributed by atoms with Crippen molar-refractivity contribution in [3.63, 3.8) is 0 Å². The van der Waals surface area contributed by atoms with Crippen LogP contribution in [0.4, 0.5) is 0 Å². The number of methoxy groups -OCH3 is 1. The lowest BCUT2D eigenvalue weighted by Crippen LogP contribution is -2.31. The first-order chi connectivity index (χ1) is 8.11. The molecule has 2 aromatic rings. The van der Waals surface area contributed by atoms with Gasteiger partial charge in [0, 0.05) is 29.2 Å². The van der Waals surface area contributed by atoms with E-state index in [1.807, 2.05) is 6.07 Å². The number of benzene rings is 1. The van der Waals surface area contributed by atoms with Gasteiger partial charge < -0.3 is 14.8 Å². The molecule has 0 spiro atoms. The topological polar surface area (TPSA) is 62.6 Å². The summed E-state index contributed by atoms with van der Waals surface area (Å²) in [7, 11) is 0.0161. The van der Waals surface area contributed by atoms with Crippen molar-refractivity contribution in [2.24, 2.45) is 0 Å². The molecule has 0 amide bonds. The van der Waals surface area contributed by atoms with Gasteiger partial charge in [-0.3, -0.25) is 4.98 Å². The van der Waals surface area contributed by atoms with Crippen LogP contribution in [0.1, 0.15) is 5.56 Å². The van der Waals surface area contributed by atoms with Crippen molar-refractivity contribution in [2.45, 2.75) is 6.61 Å². The smallest absolute Gasteiger partial charge is 0.423 e. The van der Waals surface area contributed by atoms with Crippen LogP contribution in [0.25, 0.3) is 10.9 Å². The van der Waals surface area contributed by atoms with Gasteiger partial charge in [0.25, 0.3) is 0 Å². The number of hydrogen-bond acceptors (Lipinski definition) is 4. The molecule has 1 aromatic heterocycles. The molecule has 0 bridgehead atoms. The van der Waals surface area contributed by atoms with E-state index in [1.54, 1.807) is 19.4 Å². The van der Waals surface area contributed by atoms with Gasteiger partial charge in [0.1, 0.15) is 0 Å². The highest BCUT2D eigenvalue weighted by atomic mass is 35.5. The van der Waals surface area contributed by atoms with Crippen molar-refractivity contribution in [3.05, 3.63) is 35.0 Å². The summed E-state index contributed by atoms with van der Waals surface area (Å²) >= 11 is 5.92. The molecule has 88 valence electrons. The molecule has 1 aromatic carbocycles. The second kappa shape index (κ2) is 5.02. The lowest BCUT2D eigenvalue weighted by Gasteiger charge is -2.07. The predicted molar refractivity (Wildman–Crippen MR) is 67.3 cm³/mol. The third-order valence-electron chi connectivity index (χ3n) is 2.42. The molecule has 4 nitrogen and oxygen atoms in total. The first-order valence-electron chi connectivity index (χ1n) is 5.05. The standard InChI is InChI=1S/C11H11BClNO3/c1-17-6-7-2-8-3-9(13)4-10(12(15)16)11(8)14-5-7/h2-5,15-16H,6H2,1H3. The van der Waals surface area contributed by atoms with E-state index in [-0.39, 0.29) is 0 Å². The van der Waals surface area contributed by atoms with Gasteiger partial charge in [-0.15, -0.1) is 0 Å². The zero-order valence-electron chi connectivity index (χ0n) is 9.22. The Hall–Kier alpha value is -1.14. The maximum absolute atomic E-state index is 9.25. The monoisotopic (exact) mass is 251 g/mol. The highest BCUT2D eigenvalue weighted by molar-refractivity contribution is 6.62. The zero-order valence-corrected chi connectivity index (χ0v) is 9.98. The fourth-order valence-corrected chi connectivity index (χ4v) is 1.96. The zero-order chi connectivity index (χ0) is 12.4. The van der Waals surface area contributed by atoms with Crippen LogP contribution < -0.4 is 5.46 Å². The summed E-state index contributed by atoms with van der Waals surface area (Å²) in [5, 5.41) is 19.7. The van der Waals surface area contributed by atoms with Crippen molar-refractivity contribution >= 4 is 35.1 Å². The van der Waals surface area contributed by atoms with Gasteiger partial charge in [0.05, 0.1) is 12.1 Å². The first kappa shape index (κ1) is 12.3. The summed E-state index contributed by atoms with van der Waals surface area (Å²) in [6, 6.07) is 5.09. The second-order valence-electron chi connectivity index (χ2n) is 3.72. The van der Waals surface area contributed by atoms with E-state index < -0.39 is 7.12 Å². The molecule has 2 N–H and O–H groups in total. The summed E-state index contributed by atoms with van der Waals surface area (Å²) in [4.78, 5) is 4.20. The fraction of sp³-hybridized carbons (Fsp3) is 0.182. The third kappa shape index (κ3) is 2.58. The van der Waals surface area contributed by atoms with Crippen molar-refractivity contribution in [3.8, 4) is 0 Å². The molecule has 0 aliphatic carbocycles. The molecule has 2 rings (SSSR count). The minimum atomic E-state index is -1.59. The van der Waals surface area contributed by atoms with Crippen LogP contribution in [0.3, 0.4) is 0 Å². The molecule has 0 radical (unpaired) electrons. The van der Waals surface area contributed by atoms with Gasteiger partial charge in [-0.25, -0.2) is 0 Å². The van der Waals surface area contributed by atoms with E-state index in [1.165, 1.54) is 6.07 Å². The number of nitrogens with zero attached hydrogens (tertiary/aromatic N) is 1. The summed E-state index contributed by atoms with van der Waals surface area (Å²) in [6.07, 6.45) is 1.64. The molecule has 0 fully saturated rings. The summed E-state index contributed by atoms with van der Waals surface area (Å²) < 4.78 is 5.01. The van der Waals surface area contributed by atoms with Gasteiger partial charge in [-0.05, 0) is 23.8 Å². The number of ether oxygens (including phenoxy) is 1. The van der Waals surface area contributed by atoms with Gasteiger partial charge in [0.15, 0.2) is 0 Å². The molecule has 1 heterocycles. The fourth-order valence-electron chi connectivity index (χ4n) is 1.73. The van der Waals surface area contributed by atoms with E-state index in [0.717, 1.165) is 10.9 Å². The molecule has 0 aliphatic rings. The number of fused-ring (bicyclic) bond motifs is 1. The number of halogens is 1. The Labute approximate surface area is 104 Å². The Balaban J connectivity index is 2.62. The molecule has 17 heavy (non-hydrogen) atoms. The van der Waals surface area contributed by atoms with E-state index in [0.29, 0.717) is 22.6 Å². The van der Waals surface area contributed by atoms with Crippen LogP contribution in [0.15, 0.2) is 24.4 Å². The van der Waals surface area contributed by atoms with Gasteiger partial charge >= 0.3 is 7.12 Å². The van der Waals surface area contributed by atoms with Crippen molar-refractivity contribution in [1.29, 1.82) is 0 Å².